The van der Waals surface area contributed by atoms with Crippen LogP contribution in [0.1, 0.15) is 51.9 Å². The van der Waals surface area contributed by atoms with E-state index >= 15 is 0 Å². The van der Waals surface area contributed by atoms with Gasteiger partial charge in [0.1, 0.15) is 0 Å². The highest BCUT2D eigenvalue weighted by atomic mass is 16.2. The van der Waals surface area contributed by atoms with Gasteiger partial charge in [0.05, 0.1) is 6.26 Å². The lowest BCUT2D eigenvalue weighted by atomic mass is 10.1. The van der Waals surface area contributed by atoms with Crippen LogP contribution >= 0.6 is 0 Å². The Morgan fingerprint density at radius 3 is 2.08 bits per heavy atom. The highest BCUT2D eigenvalue weighted by Crippen LogP contribution is 2.02. The predicted octanol–water partition coefficient (Wildman–Crippen LogP) is 4.36. The molecule has 0 radical (unpaired) electrons. The zero-order valence-electron chi connectivity index (χ0n) is 8.71. The molecule has 0 rings (SSSR count). The fraction of sp³-hybridized carbons (Fsp3) is 0.667. The Bertz CT molecular complexity index is 136. The molecule has 0 heterocycles. The van der Waals surface area contributed by atoms with E-state index < -0.39 is 0 Å². The molecule has 0 fully saturated rings. The summed E-state index contributed by atoms with van der Waals surface area (Å²) in [5.74, 6) is 0. The normalized spacial score (nSPS) is 11.8. The maximum absolute atomic E-state index is 8.37. The summed E-state index contributed by atoms with van der Waals surface area (Å²) in [6.07, 6.45) is 15.9. The van der Waals surface area contributed by atoms with Crippen molar-refractivity contribution in [1.29, 1.82) is 0 Å². The first-order valence-corrected chi connectivity index (χ1v) is 5.36. The van der Waals surface area contributed by atoms with Crippen molar-refractivity contribution in [2.45, 2.75) is 51.9 Å². The number of allylic oxidation sites excluding steroid dienone is 3. The molecule has 0 aromatic heterocycles. The van der Waals surface area contributed by atoms with Crippen molar-refractivity contribution in [3.05, 3.63) is 24.5 Å². The third-order valence-electron chi connectivity index (χ3n) is 1.99. The second-order valence-corrected chi connectivity index (χ2v) is 3.28. The Labute approximate surface area is 82.2 Å². The zero-order valence-corrected chi connectivity index (χ0v) is 8.71. The fourth-order valence-electron chi connectivity index (χ4n) is 1.18. The Kier molecular flexibility index (Phi) is 10.7. The van der Waals surface area contributed by atoms with E-state index in [0.717, 1.165) is 25.5 Å². The van der Waals surface area contributed by atoms with Gasteiger partial charge in [0.25, 0.3) is 0 Å². The molecular formula is C12H22O. The lowest BCUT2D eigenvalue weighted by molar-refractivity contribution is 0.470. The van der Waals surface area contributed by atoms with Crippen LogP contribution in [0.3, 0.4) is 0 Å². The molecule has 0 bridgehead atoms. The molecule has 0 aliphatic carbocycles. The lowest BCUT2D eigenvalue weighted by Gasteiger charge is -1.92. The van der Waals surface area contributed by atoms with Crippen LogP contribution in [-0.4, -0.2) is 5.11 Å². The van der Waals surface area contributed by atoms with Crippen LogP contribution in [0.4, 0.5) is 0 Å². The smallest absolute Gasteiger partial charge is 0.0751 e. The second-order valence-electron chi connectivity index (χ2n) is 3.28. The molecule has 0 aromatic carbocycles. The molecule has 1 N–H and O–H groups in total. The van der Waals surface area contributed by atoms with Gasteiger partial charge in [0.15, 0.2) is 0 Å². The molecule has 0 spiro atoms. The van der Waals surface area contributed by atoms with E-state index in [-0.39, 0.29) is 0 Å². The van der Waals surface area contributed by atoms with E-state index in [2.05, 4.69) is 19.1 Å². The molecule has 76 valence electrons. The number of hydrogen-bond acceptors (Lipinski definition) is 1. The quantitative estimate of drug-likeness (QED) is 0.336. The largest absolute Gasteiger partial charge is 0.516 e. The molecule has 0 unspecified atom stereocenters. The molecule has 0 aliphatic rings. The summed E-state index contributed by atoms with van der Waals surface area (Å²) in [4.78, 5) is 0. The summed E-state index contributed by atoms with van der Waals surface area (Å²) in [5, 5.41) is 8.37. The van der Waals surface area contributed by atoms with Crippen molar-refractivity contribution in [3.8, 4) is 0 Å². The van der Waals surface area contributed by atoms with Gasteiger partial charge in [-0.05, 0) is 32.1 Å². The van der Waals surface area contributed by atoms with E-state index in [1.807, 2.05) is 0 Å². The van der Waals surface area contributed by atoms with Crippen molar-refractivity contribution in [3.63, 3.8) is 0 Å². The summed E-state index contributed by atoms with van der Waals surface area (Å²) in [6.45, 7) is 2.23. The Morgan fingerprint density at radius 1 is 0.846 bits per heavy atom. The Morgan fingerprint density at radius 2 is 1.46 bits per heavy atom. The monoisotopic (exact) mass is 182 g/mol. The van der Waals surface area contributed by atoms with Crippen LogP contribution in [0.25, 0.3) is 0 Å². The van der Waals surface area contributed by atoms with Crippen molar-refractivity contribution in [2.75, 3.05) is 0 Å². The summed E-state index contributed by atoms with van der Waals surface area (Å²) in [7, 11) is 0. The van der Waals surface area contributed by atoms with Gasteiger partial charge in [0, 0.05) is 0 Å². The Balaban J connectivity index is 3.03. The first kappa shape index (κ1) is 12.3. The minimum Gasteiger partial charge on any atom is -0.516 e. The fourth-order valence-corrected chi connectivity index (χ4v) is 1.18. The molecular weight excluding hydrogens is 160 g/mol. The highest BCUT2D eigenvalue weighted by molar-refractivity contribution is 4.82. The Hall–Kier alpha value is -0.720. The maximum atomic E-state index is 8.37. The van der Waals surface area contributed by atoms with Gasteiger partial charge < -0.3 is 5.11 Å². The molecule has 1 nitrogen and oxygen atoms in total. The number of aliphatic hydroxyl groups is 1. The summed E-state index contributed by atoms with van der Waals surface area (Å²) in [5.41, 5.74) is 0. The van der Waals surface area contributed by atoms with Gasteiger partial charge in [-0.2, -0.15) is 0 Å². The minimum absolute atomic E-state index is 0.982. The lowest BCUT2D eigenvalue weighted by Crippen LogP contribution is -1.72. The molecule has 13 heavy (non-hydrogen) atoms. The van der Waals surface area contributed by atoms with E-state index in [4.69, 9.17) is 5.11 Å². The van der Waals surface area contributed by atoms with Crippen LogP contribution in [-0.2, 0) is 0 Å². The molecule has 0 saturated heterocycles. The first-order chi connectivity index (χ1) is 6.41. The van der Waals surface area contributed by atoms with Crippen LogP contribution in [0.5, 0.6) is 0 Å². The van der Waals surface area contributed by atoms with Gasteiger partial charge >= 0.3 is 0 Å². The highest BCUT2D eigenvalue weighted by Gasteiger charge is 1.82. The average Bonchev–Trinajstić information content (AvgIpc) is 2.16. The van der Waals surface area contributed by atoms with Crippen LogP contribution in [0.2, 0.25) is 0 Å². The number of aliphatic hydroxyl groups excluding tert-OH is 1. The second kappa shape index (κ2) is 11.3. The van der Waals surface area contributed by atoms with E-state index in [1.54, 1.807) is 6.08 Å². The summed E-state index contributed by atoms with van der Waals surface area (Å²) >= 11 is 0. The van der Waals surface area contributed by atoms with Gasteiger partial charge in [-0.3, -0.25) is 0 Å². The summed E-state index contributed by atoms with van der Waals surface area (Å²) in [6, 6.07) is 0. The number of hydrogen-bond donors (Lipinski definition) is 1. The molecule has 1 heteroatoms. The van der Waals surface area contributed by atoms with Gasteiger partial charge in [-0.15, -0.1) is 0 Å². The first-order valence-electron chi connectivity index (χ1n) is 5.36. The zero-order chi connectivity index (χ0) is 9.78. The summed E-state index contributed by atoms with van der Waals surface area (Å²) < 4.78 is 0. The third kappa shape index (κ3) is 11.3. The standard InChI is InChI=1S/C12H22O/c1-2-3-4-5-6-7-8-9-10-11-12-13/h6-7,11-13H,2-5,8-10H2,1H3. The topological polar surface area (TPSA) is 20.2 Å². The maximum Gasteiger partial charge on any atom is 0.0751 e. The predicted molar refractivity (Wildman–Crippen MR) is 58.9 cm³/mol. The van der Waals surface area contributed by atoms with E-state index in [9.17, 15) is 0 Å². The van der Waals surface area contributed by atoms with Crippen molar-refractivity contribution >= 4 is 0 Å². The van der Waals surface area contributed by atoms with Gasteiger partial charge in [0.2, 0.25) is 0 Å². The van der Waals surface area contributed by atoms with Crippen LogP contribution in [0.15, 0.2) is 24.5 Å². The molecule has 0 aliphatic heterocycles. The van der Waals surface area contributed by atoms with Crippen molar-refractivity contribution in [1.82, 2.24) is 0 Å². The van der Waals surface area contributed by atoms with Crippen molar-refractivity contribution in [2.24, 2.45) is 0 Å². The van der Waals surface area contributed by atoms with Crippen molar-refractivity contribution < 1.29 is 5.11 Å². The van der Waals surface area contributed by atoms with Crippen LogP contribution in [0, 0.1) is 0 Å². The number of unbranched alkanes of at least 4 members (excludes halogenated alkanes) is 5. The van der Waals surface area contributed by atoms with E-state index in [0.29, 0.717) is 0 Å². The van der Waals surface area contributed by atoms with Gasteiger partial charge in [-0.25, -0.2) is 0 Å². The molecule has 0 amide bonds. The van der Waals surface area contributed by atoms with Gasteiger partial charge in [-0.1, -0.05) is 38.0 Å². The average molecular weight is 182 g/mol. The third-order valence-corrected chi connectivity index (χ3v) is 1.99. The molecule has 0 atom stereocenters. The SMILES string of the molecule is CCCCCC=CCCCC=CO. The number of rotatable bonds is 8. The van der Waals surface area contributed by atoms with E-state index in [1.165, 1.54) is 25.7 Å². The molecule has 0 saturated carbocycles. The van der Waals surface area contributed by atoms with Crippen LogP contribution < -0.4 is 0 Å². The molecule has 0 aromatic rings. The minimum atomic E-state index is 0.982.